The average Bonchev–Trinajstić information content (AvgIpc) is 2.31. The highest BCUT2D eigenvalue weighted by molar-refractivity contribution is 9.10. The fourth-order valence-corrected chi connectivity index (χ4v) is 6.49. The zero-order valence-electron chi connectivity index (χ0n) is 12.8. The van der Waals surface area contributed by atoms with Gasteiger partial charge in [0.15, 0.2) is 6.61 Å². The fraction of sp³-hybridized carbons (Fsp3) is 0.875. The van der Waals surface area contributed by atoms with Crippen molar-refractivity contribution in [3.8, 4) is 0 Å². The summed E-state index contributed by atoms with van der Waals surface area (Å²) in [5, 5.41) is 2.75. The maximum atomic E-state index is 12.6. The van der Waals surface area contributed by atoms with Crippen LogP contribution in [-0.2, 0) is 14.3 Å². The molecule has 0 spiro atoms. The summed E-state index contributed by atoms with van der Waals surface area (Å²) in [5.74, 6) is 0.918. The summed E-state index contributed by atoms with van der Waals surface area (Å²) in [6, 6.07) is 0.0709. The molecule has 4 fully saturated rings. The van der Waals surface area contributed by atoms with Crippen LogP contribution in [0.1, 0.15) is 52.4 Å². The highest BCUT2D eigenvalue weighted by Gasteiger charge is 2.60. The van der Waals surface area contributed by atoms with Crippen molar-refractivity contribution < 1.29 is 14.3 Å². The highest BCUT2D eigenvalue weighted by atomic mass is 79.9. The summed E-state index contributed by atoms with van der Waals surface area (Å²) >= 11 is 3.89. The molecule has 5 heteroatoms. The number of carbonyl (C=O) groups excluding carboxylic acids is 2. The smallest absolute Gasteiger partial charge is 0.312 e. The van der Waals surface area contributed by atoms with Crippen molar-refractivity contribution in [3.05, 3.63) is 0 Å². The minimum atomic E-state index is -0.342. The van der Waals surface area contributed by atoms with Crippen LogP contribution in [0.3, 0.4) is 0 Å². The zero-order valence-corrected chi connectivity index (χ0v) is 14.4. The lowest BCUT2D eigenvalue weighted by Crippen LogP contribution is -2.56. The standard InChI is InChI=1S/C16H24BrNO3/c1-10(2)18-13(19)8-21-14(20)15-4-11-3-12(5-15)7-16(17,6-11)9-15/h10-12H,3-9H2,1-2H3,(H,18,19)/t11-,12-,15?,16?/m0/s1. The van der Waals surface area contributed by atoms with Gasteiger partial charge in [-0.25, -0.2) is 0 Å². The fourth-order valence-electron chi connectivity index (χ4n) is 5.04. The van der Waals surface area contributed by atoms with E-state index in [1.807, 2.05) is 13.8 Å². The number of carbonyl (C=O) groups is 2. The van der Waals surface area contributed by atoms with E-state index in [4.69, 9.17) is 4.74 Å². The Morgan fingerprint density at radius 1 is 1.24 bits per heavy atom. The Balaban J connectivity index is 1.63. The minimum Gasteiger partial charge on any atom is -0.455 e. The number of rotatable bonds is 4. The molecule has 0 unspecified atom stereocenters. The van der Waals surface area contributed by atoms with Gasteiger partial charge in [0.25, 0.3) is 5.91 Å². The van der Waals surface area contributed by atoms with Crippen LogP contribution in [0.4, 0.5) is 0 Å². The number of hydrogen-bond acceptors (Lipinski definition) is 3. The van der Waals surface area contributed by atoms with E-state index in [1.54, 1.807) is 0 Å². The highest BCUT2D eigenvalue weighted by Crippen LogP contribution is 2.64. The molecule has 2 atom stereocenters. The number of amides is 1. The predicted octanol–water partition coefficient (Wildman–Crippen LogP) is 2.79. The minimum absolute atomic E-state index is 0.0709. The maximum Gasteiger partial charge on any atom is 0.312 e. The number of hydrogen-bond donors (Lipinski definition) is 1. The first kappa shape index (κ1) is 15.3. The van der Waals surface area contributed by atoms with Gasteiger partial charge in [-0.15, -0.1) is 0 Å². The summed E-state index contributed by atoms with van der Waals surface area (Å²) in [6.45, 7) is 3.64. The quantitative estimate of drug-likeness (QED) is 0.621. The van der Waals surface area contributed by atoms with Gasteiger partial charge in [0, 0.05) is 10.4 Å². The molecule has 4 nitrogen and oxygen atoms in total. The monoisotopic (exact) mass is 357 g/mol. The molecule has 0 aromatic rings. The van der Waals surface area contributed by atoms with Gasteiger partial charge in [-0.1, -0.05) is 15.9 Å². The molecular formula is C16H24BrNO3. The molecule has 4 saturated carbocycles. The lowest BCUT2D eigenvalue weighted by atomic mass is 9.49. The molecule has 1 amide bonds. The van der Waals surface area contributed by atoms with E-state index in [9.17, 15) is 9.59 Å². The van der Waals surface area contributed by atoms with E-state index < -0.39 is 0 Å². The SMILES string of the molecule is CC(C)NC(=O)COC(=O)C12C[C@@H]3C[C@H](CC(Br)(C3)C1)C2. The third-order valence-electron chi connectivity index (χ3n) is 5.21. The molecule has 4 aliphatic rings. The van der Waals surface area contributed by atoms with Gasteiger partial charge in [0.1, 0.15) is 0 Å². The van der Waals surface area contributed by atoms with Gasteiger partial charge >= 0.3 is 5.97 Å². The van der Waals surface area contributed by atoms with Gasteiger partial charge in [0.2, 0.25) is 0 Å². The molecule has 0 saturated heterocycles. The van der Waals surface area contributed by atoms with Crippen LogP contribution in [0.2, 0.25) is 0 Å². The Labute approximate surface area is 134 Å². The Kier molecular flexibility index (Phi) is 3.83. The molecule has 4 bridgehead atoms. The van der Waals surface area contributed by atoms with E-state index >= 15 is 0 Å². The second-order valence-electron chi connectivity index (χ2n) is 7.69. The maximum absolute atomic E-state index is 12.6. The van der Waals surface area contributed by atoms with Gasteiger partial charge in [-0.2, -0.15) is 0 Å². The van der Waals surface area contributed by atoms with Crippen LogP contribution >= 0.6 is 15.9 Å². The van der Waals surface area contributed by atoms with Crippen LogP contribution in [-0.4, -0.2) is 28.8 Å². The van der Waals surface area contributed by atoms with Crippen molar-refractivity contribution in [2.24, 2.45) is 17.3 Å². The number of alkyl halides is 1. The largest absolute Gasteiger partial charge is 0.455 e. The van der Waals surface area contributed by atoms with Crippen LogP contribution in [0, 0.1) is 17.3 Å². The second kappa shape index (κ2) is 5.25. The number of esters is 1. The summed E-state index contributed by atoms with van der Waals surface area (Å²) in [4.78, 5) is 24.3. The van der Waals surface area contributed by atoms with E-state index in [2.05, 4.69) is 21.2 Å². The lowest BCUT2D eigenvalue weighted by Gasteiger charge is -2.58. The first-order valence-electron chi connectivity index (χ1n) is 7.96. The van der Waals surface area contributed by atoms with E-state index in [0.717, 1.165) is 19.3 Å². The van der Waals surface area contributed by atoms with E-state index in [0.29, 0.717) is 11.8 Å². The Hall–Kier alpha value is -0.580. The molecule has 21 heavy (non-hydrogen) atoms. The van der Waals surface area contributed by atoms with Crippen molar-refractivity contribution >= 4 is 27.8 Å². The third-order valence-corrected chi connectivity index (χ3v) is 6.13. The summed E-state index contributed by atoms with van der Waals surface area (Å²) < 4.78 is 5.50. The van der Waals surface area contributed by atoms with Crippen LogP contribution < -0.4 is 5.32 Å². The predicted molar refractivity (Wildman–Crippen MR) is 83.0 cm³/mol. The summed E-state index contributed by atoms with van der Waals surface area (Å²) in [5.41, 5.74) is -0.342. The van der Waals surface area contributed by atoms with Crippen LogP contribution in [0.5, 0.6) is 0 Å². The number of ether oxygens (including phenoxy) is 1. The van der Waals surface area contributed by atoms with Gasteiger partial charge < -0.3 is 10.1 Å². The Bertz CT molecular complexity index is 448. The average molecular weight is 358 g/mol. The van der Waals surface area contributed by atoms with Crippen molar-refractivity contribution in [1.29, 1.82) is 0 Å². The zero-order chi connectivity index (χ0) is 15.3. The number of halogens is 1. The summed E-state index contributed by atoms with van der Waals surface area (Å²) in [6.07, 6.45) is 6.40. The second-order valence-corrected chi connectivity index (χ2v) is 9.37. The molecule has 0 aromatic heterocycles. The molecule has 0 aromatic carbocycles. The Morgan fingerprint density at radius 2 is 1.86 bits per heavy atom. The third kappa shape index (κ3) is 2.99. The molecule has 4 rings (SSSR count). The molecule has 4 aliphatic carbocycles. The van der Waals surface area contributed by atoms with Gasteiger partial charge in [-0.05, 0) is 64.2 Å². The molecule has 118 valence electrons. The first-order chi connectivity index (χ1) is 9.80. The first-order valence-corrected chi connectivity index (χ1v) is 8.75. The Morgan fingerprint density at radius 3 is 2.38 bits per heavy atom. The van der Waals surface area contributed by atoms with Gasteiger partial charge in [0.05, 0.1) is 5.41 Å². The van der Waals surface area contributed by atoms with E-state index in [1.165, 1.54) is 19.3 Å². The van der Waals surface area contributed by atoms with Crippen molar-refractivity contribution in [1.82, 2.24) is 5.32 Å². The molecule has 0 radical (unpaired) electrons. The summed E-state index contributed by atoms with van der Waals surface area (Å²) in [7, 11) is 0. The molecule has 0 heterocycles. The lowest BCUT2D eigenvalue weighted by molar-refractivity contribution is -0.171. The molecule has 0 aliphatic heterocycles. The van der Waals surface area contributed by atoms with Crippen LogP contribution in [0.15, 0.2) is 0 Å². The molecule has 1 N–H and O–H groups in total. The van der Waals surface area contributed by atoms with E-state index in [-0.39, 0.29) is 34.3 Å². The van der Waals surface area contributed by atoms with Gasteiger partial charge in [-0.3, -0.25) is 9.59 Å². The van der Waals surface area contributed by atoms with Crippen LogP contribution in [0.25, 0.3) is 0 Å². The topological polar surface area (TPSA) is 55.4 Å². The van der Waals surface area contributed by atoms with Crippen molar-refractivity contribution in [3.63, 3.8) is 0 Å². The van der Waals surface area contributed by atoms with Crippen molar-refractivity contribution in [2.75, 3.05) is 6.61 Å². The van der Waals surface area contributed by atoms with Crippen molar-refractivity contribution in [2.45, 2.75) is 62.7 Å². The molecular weight excluding hydrogens is 334 g/mol. The number of nitrogens with one attached hydrogen (secondary N) is 1. The normalized spacial score (nSPS) is 40.4.